The summed E-state index contributed by atoms with van der Waals surface area (Å²) in [7, 11) is 0. The fraction of sp³-hybridized carbons (Fsp3) is 0.360. The van der Waals surface area contributed by atoms with Crippen molar-refractivity contribution in [3.05, 3.63) is 71.8 Å². The van der Waals surface area contributed by atoms with Crippen LogP contribution in [0.4, 0.5) is 0 Å². The summed E-state index contributed by atoms with van der Waals surface area (Å²) in [5.41, 5.74) is 2.24. The molecule has 1 saturated heterocycles. The molecule has 0 N–H and O–H groups in total. The van der Waals surface area contributed by atoms with Crippen LogP contribution in [0.5, 0.6) is 11.5 Å². The Labute approximate surface area is 173 Å². The molecule has 29 heavy (non-hydrogen) atoms. The van der Waals surface area contributed by atoms with Gasteiger partial charge in [-0.2, -0.15) is 0 Å². The molecule has 2 atom stereocenters. The van der Waals surface area contributed by atoms with E-state index in [1.165, 1.54) is 6.42 Å². The molecule has 0 bridgehead atoms. The summed E-state index contributed by atoms with van der Waals surface area (Å²) in [6, 6.07) is 16.0. The molecule has 2 aromatic rings. The predicted molar refractivity (Wildman–Crippen MR) is 117 cm³/mol. The fourth-order valence-electron chi connectivity index (χ4n) is 3.06. The van der Waals surface area contributed by atoms with E-state index in [0.29, 0.717) is 6.61 Å². The molecule has 4 heteroatoms. The average Bonchev–Trinajstić information content (AvgIpc) is 2.74. The van der Waals surface area contributed by atoms with E-state index >= 15 is 0 Å². The average molecular weight is 395 g/mol. The minimum atomic E-state index is -0.240. The lowest BCUT2D eigenvalue weighted by Crippen LogP contribution is -2.24. The second-order valence-electron chi connectivity index (χ2n) is 6.91. The zero-order valence-corrected chi connectivity index (χ0v) is 17.3. The molecule has 1 fully saturated rings. The SMILES string of the molecule is CCOC(C)Oc1ccc(C=CC=Cc2ccc(OC3CCCCO3)cc2)cc1. The van der Waals surface area contributed by atoms with Crippen LogP contribution in [0.25, 0.3) is 12.2 Å². The van der Waals surface area contributed by atoms with Crippen molar-refractivity contribution in [2.75, 3.05) is 13.2 Å². The van der Waals surface area contributed by atoms with Crippen LogP contribution in [0.15, 0.2) is 60.7 Å². The molecule has 1 aliphatic heterocycles. The number of allylic oxidation sites excluding steroid dienone is 2. The highest BCUT2D eigenvalue weighted by molar-refractivity contribution is 5.58. The summed E-state index contributed by atoms with van der Waals surface area (Å²) in [5, 5.41) is 0. The van der Waals surface area contributed by atoms with E-state index < -0.39 is 0 Å². The summed E-state index contributed by atoms with van der Waals surface area (Å²) >= 11 is 0. The van der Waals surface area contributed by atoms with Crippen molar-refractivity contribution in [3.63, 3.8) is 0 Å². The third-order valence-electron chi connectivity index (χ3n) is 4.56. The Morgan fingerprint density at radius 3 is 2.10 bits per heavy atom. The van der Waals surface area contributed by atoms with Crippen LogP contribution in [-0.2, 0) is 9.47 Å². The van der Waals surface area contributed by atoms with Crippen LogP contribution in [0.3, 0.4) is 0 Å². The molecule has 0 aromatic heterocycles. The van der Waals surface area contributed by atoms with Gasteiger partial charge in [-0.1, -0.05) is 48.6 Å². The second kappa shape index (κ2) is 11.4. The van der Waals surface area contributed by atoms with E-state index in [9.17, 15) is 0 Å². The lowest BCUT2D eigenvalue weighted by Gasteiger charge is -2.23. The van der Waals surface area contributed by atoms with Crippen LogP contribution in [-0.4, -0.2) is 25.8 Å². The Bertz CT molecular complexity index is 771. The Hall–Kier alpha value is -2.56. The first-order valence-electron chi connectivity index (χ1n) is 10.3. The molecule has 0 aliphatic carbocycles. The van der Waals surface area contributed by atoms with Crippen molar-refractivity contribution < 1.29 is 18.9 Å². The number of benzene rings is 2. The van der Waals surface area contributed by atoms with Gasteiger partial charge in [-0.3, -0.25) is 0 Å². The molecule has 3 rings (SSSR count). The van der Waals surface area contributed by atoms with E-state index in [2.05, 4.69) is 12.2 Å². The molecule has 2 unspecified atom stereocenters. The Morgan fingerprint density at radius 1 is 0.931 bits per heavy atom. The molecule has 0 spiro atoms. The lowest BCUT2D eigenvalue weighted by atomic mass is 10.1. The van der Waals surface area contributed by atoms with Gasteiger partial charge in [0.15, 0.2) is 12.6 Å². The van der Waals surface area contributed by atoms with Gasteiger partial charge in [0, 0.05) is 13.0 Å². The summed E-state index contributed by atoms with van der Waals surface area (Å²) in [6.07, 6.45) is 11.1. The van der Waals surface area contributed by atoms with E-state index in [1.54, 1.807) is 0 Å². The van der Waals surface area contributed by atoms with Gasteiger partial charge in [0.05, 0.1) is 6.61 Å². The predicted octanol–water partition coefficient (Wildman–Crippen LogP) is 6.08. The molecule has 1 heterocycles. The highest BCUT2D eigenvalue weighted by Crippen LogP contribution is 2.20. The van der Waals surface area contributed by atoms with Crippen molar-refractivity contribution in [2.45, 2.75) is 45.7 Å². The first-order valence-corrected chi connectivity index (χ1v) is 10.3. The Kier molecular flexibility index (Phi) is 8.35. The molecular formula is C25H30O4. The van der Waals surface area contributed by atoms with Crippen LogP contribution < -0.4 is 9.47 Å². The summed E-state index contributed by atoms with van der Waals surface area (Å²) in [5.74, 6) is 1.66. The van der Waals surface area contributed by atoms with Crippen molar-refractivity contribution in [1.29, 1.82) is 0 Å². The molecular weight excluding hydrogens is 364 g/mol. The second-order valence-corrected chi connectivity index (χ2v) is 6.91. The maximum Gasteiger partial charge on any atom is 0.199 e. The quantitative estimate of drug-likeness (QED) is 0.381. The third-order valence-corrected chi connectivity index (χ3v) is 4.56. The van der Waals surface area contributed by atoms with Crippen LogP contribution in [0, 0.1) is 0 Å². The summed E-state index contributed by atoms with van der Waals surface area (Å²) < 4.78 is 22.5. The first-order chi connectivity index (χ1) is 14.2. The molecule has 154 valence electrons. The monoisotopic (exact) mass is 394 g/mol. The topological polar surface area (TPSA) is 36.9 Å². The highest BCUT2D eigenvalue weighted by atomic mass is 16.7. The normalized spacial score (nSPS) is 18.2. The standard InChI is InChI=1S/C25H30O4/c1-3-26-20(2)28-23-15-11-21(12-16-23)8-4-5-9-22-13-17-24(18-14-22)29-25-10-6-7-19-27-25/h4-5,8-9,11-18,20,25H,3,6-7,10,19H2,1-2H3. The van der Waals surface area contributed by atoms with Gasteiger partial charge in [-0.15, -0.1) is 0 Å². The van der Waals surface area contributed by atoms with Gasteiger partial charge in [0.1, 0.15) is 11.5 Å². The molecule has 0 radical (unpaired) electrons. The lowest BCUT2D eigenvalue weighted by molar-refractivity contribution is -0.105. The number of hydrogen-bond acceptors (Lipinski definition) is 4. The van der Waals surface area contributed by atoms with Crippen LogP contribution >= 0.6 is 0 Å². The van der Waals surface area contributed by atoms with Crippen molar-refractivity contribution >= 4 is 12.2 Å². The van der Waals surface area contributed by atoms with Crippen molar-refractivity contribution in [2.24, 2.45) is 0 Å². The van der Waals surface area contributed by atoms with E-state index in [1.807, 2.05) is 74.5 Å². The zero-order chi connectivity index (χ0) is 20.3. The third kappa shape index (κ3) is 7.41. The maximum atomic E-state index is 5.86. The van der Waals surface area contributed by atoms with E-state index in [4.69, 9.17) is 18.9 Å². The zero-order valence-electron chi connectivity index (χ0n) is 17.3. The van der Waals surface area contributed by atoms with E-state index in [0.717, 1.165) is 42.1 Å². The molecule has 1 aliphatic rings. The van der Waals surface area contributed by atoms with Crippen LogP contribution in [0.1, 0.15) is 44.2 Å². The van der Waals surface area contributed by atoms with Gasteiger partial charge in [-0.05, 0) is 62.1 Å². The Morgan fingerprint density at radius 2 is 1.55 bits per heavy atom. The first kappa shape index (κ1) is 21.2. The number of hydrogen-bond donors (Lipinski definition) is 0. The fourth-order valence-corrected chi connectivity index (χ4v) is 3.06. The maximum absolute atomic E-state index is 5.86. The van der Waals surface area contributed by atoms with Gasteiger partial charge in [0.25, 0.3) is 0 Å². The Balaban J connectivity index is 1.46. The number of ether oxygens (including phenoxy) is 4. The highest BCUT2D eigenvalue weighted by Gasteiger charge is 2.14. The van der Waals surface area contributed by atoms with Crippen LogP contribution in [0.2, 0.25) is 0 Å². The smallest absolute Gasteiger partial charge is 0.199 e. The molecule has 4 nitrogen and oxygen atoms in total. The van der Waals surface area contributed by atoms with Crippen molar-refractivity contribution in [1.82, 2.24) is 0 Å². The minimum absolute atomic E-state index is 0.104. The number of rotatable bonds is 9. The largest absolute Gasteiger partial charge is 0.465 e. The van der Waals surface area contributed by atoms with Gasteiger partial charge in [-0.25, -0.2) is 0 Å². The summed E-state index contributed by atoms with van der Waals surface area (Å²) in [6.45, 7) is 5.28. The van der Waals surface area contributed by atoms with E-state index in [-0.39, 0.29) is 12.6 Å². The minimum Gasteiger partial charge on any atom is -0.465 e. The van der Waals surface area contributed by atoms with Crippen molar-refractivity contribution in [3.8, 4) is 11.5 Å². The van der Waals surface area contributed by atoms with Gasteiger partial charge >= 0.3 is 0 Å². The molecule has 0 amide bonds. The van der Waals surface area contributed by atoms with Gasteiger partial charge < -0.3 is 18.9 Å². The molecule has 2 aromatic carbocycles. The summed E-state index contributed by atoms with van der Waals surface area (Å²) in [4.78, 5) is 0. The molecule has 0 saturated carbocycles. The van der Waals surface area contributed by atoms with Gasteiger partial charge in [0.2, 0.25) is 0 Å².